The molecule has 0 bridgehead atoms. The first-order chi connectivity index (χ1) is 16.6. The Morgan fingerprint density at radius 3 is 2.50 bits per heavy atom. The molecule has 2 heterocycles. The number of carbonyl (C=O) groups is 1. The third-order valence-corrected chi connectivity index (χ3v) is 6.06. The molecule has 0 saturated carbocycles. The Balaban J connectivity index is 1.33. The number of halogens is 1. The quantitative estimate of drug-likeness (QED) is 0.339. The van der Waals surface area contributed by atoms with Crippen LogP contribution in [0, 0.1) is 0 Å². The first-order valence-electron chi connectivity index (χ1n) is 11.0. The maximum absolute atomic E-state index is 12.5. The Hall–Kier alpha value is -3.45. The summed E-state index contributed by atoms with van der Waals surface area (Å²) in [7, 11) is 0. The maximum atomic E-state index is 12.5. The second kappa shape index (κ2) is 9.81. The summed E-state index contributed by atoms with van der Waals surface area (Å²) in [6.45, 7) is 0.745. The van der Waals surface area contributed by atoms with Crippen LogP contribution in [0.5, 0.6) is 0 Å². The molecule has 2 atom stereocenters. The second-order valence-corrected chi connectivity index (χ2v) is 8.47. The van der Waals surface area contributed by atoms with Gasteiger partial charge in [0.1, 0.15) is 12.7 Å². The number of hydrogen-bond donors (Lipinski definition) is 0. The van der Waals surface area contributed by atoms with Crippen molar-refractivity contribution in [2.24, 2.45) is 0 Å². The Kier molecular flexibility index (Phi) is 6.45. The lowest BCUT2D eigenvalue weighted by molar-refractivity contribution is -0.190. The number of benzene rings is 3. The van der Waals surface area contributed by atoms with Gasteiger partial charge in [-0.1, -0.05) is 78.3 Å². The Bertz CT molecular complexity index is 1250. The zero-order valence-corrected chi connectivity index (χ0v) is 19.1. The van der Waals surface area contributed by atoms with E-state index < -0.39 is 17.9 Å². The van der Waals surface area contributed by atoms with E-state index in [1.807, 2.05) is 41.1 Å². The van der Waals surface area contributed by atoms with E-state index in [-0.39, 0.29) is 13.2 Å². The van der Waals surface area contributed by atoms with Gasteiger partial charge in [-0.15, -0.1) is 0 Å². The topological polar surface area (TPSA) is 62.6 Å². The fourth-order valence-corrected chi connectivity index (χ4v) is 4.23. The van der Waals surface area contributed by atoms with Gasteiger partial charge in [0.2, 0.25) is 5.79 Å². The molecular weight excluding hydrogens is 452 g/mol. The highest BCUT2D eigenvalue weighted by molar-refractivity contribution is 6.33. The fraction of sp³-hybridized carbons (Fsp3) is 0.185. The van der Waals surface area contributed by atoms with Crippen molar-refractivity contribution >= 4 is 17.6 Å². The van der Waals surface area contributed by atoms with Crippen molar-refractivity contribution in [1.82, 2.24) is 9.55 Å². The number of carbonyl (C=O) groups excluding carboxylic acids is 1. The molecule has 0 radical (unpaired) electrons. The van der Waals surface area contributed by atoms with Crippen LogP contribution in [0.3, 0.4) is 0 Å². The van der Waals surface area contributed by atoms with Crippen LogP contribution in [0.15, 0.2) is 97.6 Å². The van der Waals surface area contributed by atoms with Gasteiger partial charge in [-0.05, 0) is 23.3 Å². The summed E-state index contributed by atoms with van der Waals surface area (Å²) in [5.41, 5.74) is 3.44. The molecule has 172 valence electrons. The average molecular weight is 475 g/mol. The molecule has 6 nitrogen and oxygen atoms in total. The summed E-state index contributed by atoms with van der Waals surface area (Å²) in [6.07, 6.45) is 4.86. The molecule has 4 aromatic rings. The van der Waals surface area contributed by atoms with Crippen molar-refractivity contribution in [3.8, 4) is 11.1 Å². The van der Waals surface area contributed by atoms with Crippen LogP contribution in [0.1, 0.15) is 15.9 Å². The lowest BCUT2D eigenvalue weighted by Gasteiger charge is -2.29. The van der Waals surface area contributed by atoms with Gasteiger partial charge < -0.3 is 18.8 Å². The summed E-state index contributed by atoms with van der Waals surface area (Å²) < 4.78 is 20.0. The van der Waals surface area contributed by atoms with Gasteiger partial charge >= 0.3 is 5.97 Å². The van der Waals surface area contributed by atoms with Gasteiger partial charge in [-0.3, -0.25) is 0 Å². The molecule has 0 aliphatic carbocycles. The van der Waals surface area contributed by atoms with Gasteiger partial charge in [0.15, 0.2) is 0 Å². The molecule has 0 unspecified atom stereocenters. The number of hydrogen-bond acceptors (Lipinski definition) is 5. The minimum Gasteiger partial charge on any atom is -0.459 e. The van der Waals surface area contributed by atoms with Gasteiger partial charge in [0.05, 0.1) is 30.1 Å². The van der Waals surface area contributed by atoms with Crippen LogP contribution >= 0.6 is 11.6 Å². The largest absolute Gasteiger partial charge is 0.459 e. The number of rotatable bonds is 7. The highest BCUT2D eigenvalue weighted by Crippen LogP contribution is 2.37. The SMILES string of the molecule is O=C(OC[C@H]1CO[C@](Cn2ccnc2)(c2ccc(-c3ccccc3)cc2)O1)c1ccccc1Cl. The number of esters is 1. The van der Waals surface area contributed by atoms with Gasteiger partial charge in [0, 0.05) is 18.0 Å². The molecule has 1 fully saturated rings. The van der Waals surface area contributed by atoms with E-state index in [0.29, 0.717) is 17.1 Å². The molecule has 0 N–H and O–H groups in total. The predicted molar refractivity (Wildman–Crippen MR) is 128 cm³/mol. The monoisotopic (exact) mass is 474 g/mol. The fourth-order valence-electron chi connectivity index (χ4n) is 4.01. The van der Waals surface area contributed by atoms with E-state index >= 15 is 0 Å². The lowest BCUT2D eigenvalue weighted by Crippen LogP contribution is -2.34. The first kappa shape index (κ1) is 22.3. The molecule has 0 spiro atoms. The third kappa shape index (κ3) is 4.75. The van der Waals surface area contributed by atoms with Crippen molar-refractivity contribution in [2.45, 2.75) is 18.4 Å². The summed E-state index contributed by atoms with van der Waals surface area (Å²) in [6, 6.07) is 25.1. The van der Waals surface area contributed by atoms with Crippen molar-refractivity contribution in [3.05, 3.63) is 114 Å². The predicted octanol–water partition coefficient (Wildman–Crippen LogP) is 5.33. The Morgan fingerprint density at radius 2 is 1.76 bits per heavy atom. The number of aromatic nitrogens is 2. The van der Waals surface area contributed by atoms with Gasteiger partial charge in [-0.25, -0.2) is 9.78 Å². The second-order valence-electron chi connectivity index (χ2n) is 8.06. The summed E-state index contributed by atoms with van der Waals surface area (Å²) >= 11 is 6.11. The minimum absolute atomic E-state index is 0.0534. The third-order valence-electron chi connectivity index (χ3n) is 5.74. The normalized spacial score (nSPS) is 19.7. The minimum atomic E-state index is -1.03. The molecule has 1 aliphatic rings. The van der Waals surface area contributed by atoms with Gasteiger partial charge in [-0.2, -0.15) is 0 Å². The van der Waals surface area contributed by atoms with Crippen LogP contribution in [0.25, 0.3) is 11.1 Å². The lowest BCUT2D eigenvalue weighted by atomic mass is 10.00. The number of ether oxygens (including phenoxy) is 3. The van der Waals surface area contributed by atoms with E-state index in [1.165, 1.54) is 0 Å². The summed E-state index contributed by atoms with van der Waals surface area (Å²) in [5, 5.41) is 0.351. The highest BCUT2D eigenvalue weighted by atomic mass is 35.5. The summed E-state index contributed by atoms with van der Waals surface area (Å²) in [4.78, 5) is 16.6. The van der Waals surface area contributed by atoms with Gasteiger partial charge in [0.25, 0.3) is 0 Å². The van der Waals surface area contributed by atoms with E-state index in [4.69, 9.17) is 25.8 Å². The molecule has 1 aliphatic heterocycles. The smallest absolute Gasteiger partial charge is 0.339 e. The van der Waals surface area contributed by atoms with Crippen LogP contribution in [-0.2, 0) is 26.5 Å². The molecule has 1 saturated heterocycles. The molecule has 7 heteroatoms. The molecule has 0 amide bonds. The van der Waals surface area contributed by atoms with E-state index in [1.54, 1.807) is 36.8 Å². The molecule has 5 rings (SSSR count). The van der Waals surface area contributed by atoms with Crippen molar-refractivity contribution in [2.75, 3.05) is 13.2 Å². The van der Waals surface area contributed by atoms with E-state index in [0.717, 1.165) is 16.7 Å². The van der Waals surface area contributed by atoms with Crippen molar-refractivity contribution in [3.63, 3.8) is 0 Å². The van der Waals surface area contributed by atoms with Crippen LogP contribution in [-0.4, -0.2) is 34.8 Å². The Morgan fingerprint density at radius 1 is 1.03 bits per heavy atom. The highest BCUT2D eigenvalue weighted by Gasteiger charge is 2.44. The summed E-state index contributed by atoms with van der Waals surface area (Å²) in [5.74, 6) is -1.52. The van der Waals surface area contributed by atoms with Crippen LogP contribution in [0.2, 0.25) is 5.02 Å². The Labute approximate surface area is 202 Å². The van der Waals surface area contributed by atoms with Crippen molar-refractivity contribution in [1.29, 1.82) is 0 Å². The molecule has 34 heavy (non-hydrogen) atoms. The average Bonchev–Trinajstić information content (AvgIpc) is 3.54. The van der Waals surface area contributed by atoms with Crippen molar-refractivity contribution < 1.29 is 19.0 Å². The molecule has 1 aromatic heterocycles. The molecule has 3 aromatic carbocycles. The maximum Gasteiger partial charge on any atom is 0.339 e. The zero-order valence-electron chi connectivity index (χ0n) is 18.3. The molecular formula is C27H23ClN2O4. The standard InChI is InChI=1S/C27H23ClN2O4/c28-25-9-5-4-8-24(25)26(31)32-16-23-17-33-27(34-23,18-30-15-14-29-19-30)22-12-10-21(11-13-22)20-6-2-1-3-7-20/h1-15,19,23H,16-18H2/t23-,27-/m0/s1. The van der Waals surface area contributed by atoms with E-state index in [9.17, 15) is 4.79 Å². The van der Waals surface area contributed by atoms with Crippen LogP contribution < -0.4 is 0 Å². The zero-order chi connectivity index (χ0) is 23.4. The number of imidazole rings is 1. The van der Waals surface area contributed by atoms with Crippen LogP contribution in [0.4, 0.5) is 0 Å². The van der Waals surface area contributed by atoms with E-state index in [2.05, 4.69) is 29.2 Å². The number of nitrogens with zero attached hydrogens (tertiary/aromatic N) is 2. The first-order valence-corrected chi connectivity index (χ1v) is 11.4.